The van der Waals surface area contributed by atoms with E-state index < -0.39 is 0 Å². The number of ether oxygens (including phenoxy) is 5. The average molecular weight is 568 g/mol. The standard InChI is InChI=1S/C30H41N5O6/c1-24(36)31-11-13-37-15-17-39-19-21-41-22-20-40-18-16-38-14-12-35-30-26-8-4-3-7-25(26)23-34(2)28-10-6-5-9-27(28)29(30)32-33-35/h3-10H,11-23H2,1-2H3,(H,31,36). The minimum absolute atomic E-state index is 0.0578. The topological polar surface area (TPSA) is 109 Å². The zero-order valence-corrected chi connectivity index (χ0v) is 24.0. The summed E-state index contributed by atoms with van der Waals surface area (Å²) >= 11 is 0. The van der Waals surface area contributed by atoms with Gasteiger partial charge < -0.3 is 33.9 Å². The molecule has 0 unspecified atom stereocenters. The zero-order valence-electron chi connectivity index (χ0n) is 24.0. The number of aromatic nitrogens is 3. The summed E-state index contributed by atoms with van der Waals surface area (Å²) in [6, 6.07) is 16.8. The third-order valence-corrected chi connectivity index (χ3v) is 6.54. The summed E-state index contributed by atoms with van der Waals surface area (Å²) < 4.78 is 29.7. The Balaban J connectivity index is 1.10. The first-order chi connectivity index (χ1) is 20.1. The van der Waals surface area contributed by atoms with Gasteiger partial charge in [0.1, 0.15) is 5.69 Å². The Kier molecular flexibility index (Phi) is 12.5. The molecule has 0 spiro atoms. The van der Waals surface area contributed by atoms with Crippen LogP contribution in [0, 0.1) is 0 Å². The van der Waals surface area contributed by atoms with Crippen LogP contribution in [-0.2, 0) is 41.6 Å². The van der Waals surface area contributed by atoms with Gasteiger partial charge in [0.05, 0.1) is 78.3 Å². The molecule has 0 atom stereocenters. The fraction of sp³-hybridized carbons (Fsp3) is 0.500. The van der Waals surface area contributed by atoms with Gasteiger partial charge in [-0.2, -0.15) is 0 Å². The zero-order chi connectivity index (χ0) is 28.7. The van der Waals surface area contributed by atoms with E-state index in [2.05, 4.69) is 70.0 Å². The van der Waals surface area contributed by atoms with Crippen LogP contribution in [0.2, 0.25) is 0 Å². The van der Waals surface area contributed by atoms with Crippen molar-refractivity contribution in [1.29, 1.82) is 0 Å². The fourth-order valence-electron chi connectivity index (χ4n) is 4.59. The quantitative estimate of drug-likeness (QED) is 0.232. The Morgan fingerprint density at radius 1 is 0.780 bits per heavy atom. The molecular formula is C30H41N5O6. The number of rotatable bonds is 18. The van der Waals surface area contributed by atoms with E-state index in [0.29, 0.717) is 79.2 Å². The van der Waals surface area contributed by atoms with Crippen molar-refractivity contribution >= 4 is 11.6 Å². The molecule has 11 heteroatoms. The molecule has 1 amide bonds. The molecule has 3 aromatic rings. The van der Waals surface area contributed by atoms with Crippen LogP contribution in [0.4, 0.5) is 5.69 Å². The van der Waals surface area contributed by atoms with Crippen LogP contribution in [0.25, 0.3) is 22.5 Å². The van der Waals surface area contributed by atoms with Crippen LogP contribution in [-0.4, -0.2) is 101 Å². The highest BCUT2D eigenvalue weighted by atomic mass is 16.6. The Morgan fingerprint density at radius 3 is 2.00 bits per heavy atom. The molecule has 0 fully saturated rings. The van der Waals surface area contributed by atoms with E-state index in [4.69, 9.17) is 23.7 Å². The molecule has 41 heavy (non-hydrogen) atoms. The van der Waals surface area contributed by atoms with E-state index in [-0.39, 0.29) is 5.91 Å². The third kappa shape index (κ3) is 9.34. The van der Waals surface area contributed by atoms with Gasteiger partial charge in [-0.05, 0) is 11.6 Å². The van der Waals surface area contributed by atoms with Crippen molar-refractivity contribution in [2.75, 3.05) is 84.6 Å². The predicted molar refractivity (Wildman–Crippen MR) is 156 cm³/mol. The second-order valence-corrected chi connectivity index (χ2v) is 9.58. The van der Waals surface area contributed by atoms with Crippen molar-refractivity contribution < 1.29 is 28.5 Å². The lowest BCUT2D eigenvalue weighted by Crippen LogP contribution is -2.25. The number of carbonyl (C=O) groups is 1. The van der Waals surface area contributed by atoms with Gasteiger partial charge in [-0.1, -0.05) is 47.7 Å². The molecule has 1 N–H and O–H groups in total. The number of nitrogens with zero attached hydrogens (tertiary/aromatic N) is 4. The maximum Gasteiger partial charge on any atom is 0.216 e. The number of fused-ring (bicyclic) bond motifs is 5. The van der Waals surface area contributed by atoms with Crippen molar-refractivity contribution in [3.05, 3.63) is 54.1 Å². The summed E-state index contributed by atoms with van der Waals surface area (Å²) in [5, 5.41) is 11.8. The summed E-state index contributed by atoms with van der Waals surface area (Å²) in [5.74, 6) is -0.0578. The molecule has 0 bridgehead atoms. The highest BCUT2D eigenvalue weighted by molar-refractivity contribution is 5.87. The molecule has 0 saturated heterocycles. The molecule has 2 aromatic carbocycles. The summed E-state index contributed by atoms with van der Waals surface area (Å²) in [4.78, 5) is 13.0. The van der Waals surface area contributed by atoms with Crippen LogP contribution >= 0.6 is 0 Å². The molecule has 1 aromatic heterocycles. The molecule has 2 heterocycles. The van der Waals surface area contributed by atoms with Gasteiger partial charge in [0, 0.05) is 43.9 Å². The Bertz CT molecular complexity index is 1220. The van der Waals surface area contributed by atoms with Crippen LogP contribution in [0.5, 0.6) is 0 Å². The first-order valence-electron chi connectivity index (χ1n) is 14.1. The van der Waals surface area contributed by atoms with Crippen molar-refractivity contribution in [3.8, 4) is 22.5 Å². The van der Waals surface area contributed by atoms with Gasteiger partial charge in [-0.3, -0.25) is 4.79 Å². The molecule has 0 aliphatic carbocycles. The number of hydrogen-bond acceptors (Lipinski definition) is 9. The minimum atomic E-state index is -0.0578. The first-order valence-corrected chi connectivity index (χ1v) is 14.1. The molecular weight excluding hydrogens is 526 g/mol. The second kappa shape index (κ2) is 16.8. The van der Waals surface area contributed by atoms with E-state index in [9.17, 15) is 4.79 Å². The minimum Gasteiger partial charge on any atom is -0.377 e. The molecule has 0 radical (unpaired) electrons. The highest BCUT2D eigenvalue weighted by Gasteiger charge is 2.24. The van der Waals surface area contributed by atoms with Gasteiger partial charge >= 0.3 is 0 Å². The van der Waals surface area contributed by atoms with Gasteiger partial charge in [0.2, 0.25) is 5.91 Å². The number of anilines is 1. The van der Waals surface area contributed by atoms with E-state index >= 15 is 0 Å². The van der Waals surface area contributed by atoms with E-state index in [1.165, 1.54) is 12.5 Å². The van der Waals surface area contributed by atoms with Crippen LogP contribution in [0.3, 0.4) is 0 Å². The molecule has 4 rings (SSSR count). The van der Waals surface area contributed by atoms with Gasteiger partial charge in [-0.25, -0.2) is 4.68 Å². The van der Waals surface area contributed by atoms with Crippen molar-refractivity contribution in [3.63, 3.8) is 0 Å². The number of carbonyl (C=O) groups excluding carboxylic acids is 1. The number of nitrogens with one attached hydrogen (secondary N) is 1. The van der Waals surface area contributed by atoms with E-state index in [0.717, 1.165) is 34.7 Å². The number of hydrogen-bond donors (Lipinski definition) is 1. The smallest absolute Gasteiger partial charge is 0.216 e. The maximum atomic E-state index is 10.7. The van der Waals surface area contributed by atoms with Crippen LogP contribution in [0.15, 0.2) is 48.5 Å². The lowest BCUT2D eigenvalue weighted by atomic mass is 9.96. The predicted octanol–water partition coefficient (Wildman–Crippen LogP) is 2.78. The summed E-state index contributed by atoms with van der Waals surface area (Å²) in [6.07, 6.45) is 0. The molecule has 0 saturated carbocycles. The maximum absolute atomic E-state index is 10.7. The van der Waals surface area contributed by atoms with Crippen molar-refractivity contribution in [2.24, 2.45) is 0 Å². The Hall–Kier alpha value is -3.35. The van der Waals surface area contributed by atoms with Crippen LogP contribution < -0.4 is 10.2 Å². The third-order valence-electron chi connectivity index (χ3n) is 6.54. The lowest BCUT2D eigenvalue weighted by molar-refractivity contribution is -0.119. The van der Waals surface area contributed by atoms with Crippen LogP contribution in [0.1, 0.15) is 12.5 Å². The molecule has 1 aliphatic heterocycles. The normalized spacial score (nSPS) is 12.3. The SMILES string of the molecule is CC(=O)NCCOCCOCCOCCOCCOCCn1nnc2c1-c1ccccc1CN(C)c1ccccc1-2. The highest BCUT2D eigenvalue weighted by Crippen LogP contribution is 2.40. The number of amides is 1. The van der Waals surface area contributed by atoms with Crippen molar-refractivity contribution in [1.82, 2.24) is 20.3 Å². The Labute approximate surface area is 241 Å². The number of para-hydroxylation sites is 1. The van der Waals surface area contributed by atoms with Gasteiger partial charge in [0.15, 0.2) is 0 Å². The fourth-order valence-corrected chi connectivity index (χ4v) is 4.59. The summed E-state index contributed by atoms with van der Waals surface area (Å²) in [7, 11) is 2.11. The van der Waals surface area contributed by atoms with Gasteiger partial charge in [-0.15, -0.1) is 5.10 Å². The van der Waals surface area contributed by atoms with E-state index in [1.54, 1.807) is 0 Å². The van der Waals surface area contributed by atoms with Crippen molar-refractivity contribution in [2.45, 2.75) is 20.0 Å². The molecule has 222 valence electrons. The number of benzene rings is 2. The largest absolute Gasteiger partial charge is 0.377 e. The Morgan fingerprint density at radius 2 is 1.34 bits per heavy atom. The monoisotopic (exact) mass is 567 g/mol. The first kappa shape index (κ1) is 30.6. The molecule has 1 aliphatic rings. The van der Waals surface area contributed by atoms with Gasteiger partial charge in [0.25, 0.3) is 0 Å². The summed E-state index contributed by atoms with van der Waals surface area (Å²) in [6.45, 7) is 8.33. The molecule has 11 nitrogen and oxygen atoms in total. The lowest BCUT2D eigenvalue weighted by Gasteiger charge is -2.26. The second-order valence-electron chi connectivity index (χ2n) is 9.58. The average Bonchev–Trinajstić information content (AvgIpc) is 3.39. The van der Waals surface area contributed by atoms with E-state index in [1.807, 2.05) is 10.7 Å². The summed E-state index contributed by atoms with van der Waals surface area (Å²) in [5.41, 5.74) is 6.52.